The third kappa shape index (κ3) is 2.30. The molecule has 0 fully saturated rings. The van der Waals surface area contributed by atoms with Crippen LogP contribution in [0, 0.1) is 12.7 Å². The molecule has 0 N–H and O–H groups in total. The molecule has 0 bridgehead atoms. The Morgan fingerprint density at radius 1 is 1.31 bits per heavy atom. The summed E-state index contributed by atoms with van der Waals surface area (Å²) >= 11 is 0. The Morgan fingerprint density at radius 2 is 1.88 bits per heavy atom. The number of hydrogen-bond donors (Lipinski definition) is 0. The summed E-state index contributed by atoms with van der Waals surface area (Å²) in [6.07, 6.45) is 0. The van der Waals surface area contributed by atoms with Crippen molar-refractivity contribution in [2.45, 2.75) is 26.3 Å². The molecule has 0 saturated heterocycles. The fourth-order valence-electron chi connectivity index (χ4n) is 1.41. The molecule has 0 aromatic heterocycles. The number of halogens is 1. The van der Waals surface area contributed by atoms with Crippen LogP contribution in [0.25, 0.3) is 0 Å². The van der Waals surface area contributed by atoms with Crippen LogP contribution in [0.1, 0.15) is 29.8 Å². The van der Waals surface area contributed by atoms with Crippen molar-refractivity contribution in [1.82, 2.24) is 4.90 Å². The average molecular weight is 223 g/mol. The van der Waals surface area contributed by atoms with Gasteiger partial charge in [-0.3, -0.25) is 9.69 Å². The largest absolute Gasteiger partial charge is 0.297 e. The van der Waals surface area contributed by atoms with Crippen molar-refractivity contribution in [2.75, 3.05) is 14.1 Å². The first kappa shape index (κ1) is 12.8. The number of nitrogens with zero attached hydrogens (tertiary/aromatic N) is 1. The topological polar surface area (TPSA) is 20.3 Å². The molecule has 2 nitrogen and oxygen atoms in total. The van der Waals surface area contributed by atoms with Crippen LogP contribution in [0.5, 0.6) is 0 Å². The summed E-state index contributed by atoms with van der Waals surface area (Å²) in [6.45, 7) is 5.47. The van der Waals surface area contributed by atoms with Gasteiger partial charge in [0, 0.05) is 5.56 Å². The molecule has 88 valence electrons. The van der Waals surface area contributed by atoms with Gasteiger partial charge in [-0.15, -0.1) is 0 Å². The van der Waals surface area contributed by atoms with Gasteiger partial charge in [-0.05, 0) is 58.6 Å². The zero-order chi connectivity index (χ0) is 12.5. The second kappa shape index (κ2) is 4.34. The van der Waals surface area contributed by atoms with E-state index in [9.17, 15) is 9.18 Å². The van der Waals surface area contributed by atoms with Crippen LogP contribution in [0.4, 0.5) is 4.39 Å². The number of ketones is 1. The summed E-state index contributed by atoms with van der Waals surface area (Å²) in [5, 5.41) is 0. The summed E-state index contributed by atoms with van der Waals surface area (Å²) in [7, 11) is 3.72. The lowest BCUT2D eigenvalue weighted by Crippen LogP contribution is -2.45. The molecular formula is C13H18FNO. The second-order valence-corrected chi connectivity index (χ2v) is 4.74. The molecule has 0 unspecified atom stereocenters. The van der Waals surface area contributed by atoms with Crippen molar-refractivity contribution < 1.29 is 9.18 Å². The van der Waals surface area contributed by atoms with Crippen LogP contribution in [0.3, 0.4) is 0 Å². The third-order valence-electron chi connectivity index (χ3n) is 3.11. The maximum absolute atomic E-state index is 12.9. The molecule has 0 radical (unpaired) electrons. The summed E-state index contributed by atoms with van der Waals surface area (Å²) in [5.41, 5.74) is 0.683. The Labute approximate surface area is 96.1 Å². The Bertz CT molecular complexity index is 410. The number of rotatable bonds is 3. The molecule has 0 heterocycles. The minimum Gasteiger partial charge on any atom is -0.297 e. The van der Waals surface area contributed by atoms with Crippen LogP contribution in [-0.4, -0.2) is 30.3 Å². The van der Waals surface area contributed by atoms with E-state index in [1.165, 1.54) is 12.1 Å². The van der Waals surface area contributed by atoms with Crippen molar-refractivity contribution in [3.8, 4) is 0 Å². The van der Waals surface area contributed by atoms with E-state index in [1.807, 2.05) is 32.8 Å². The molecule has 1 aromatic rings. The maximum atomic E-state index is 12.9. The van der Waals surface area contributed by atoms with Crippen molar-refractivity contribution in [1.29, 1.82) is 0 Å². The molecular weight excluding hydrogens is 205 g/mol. The first-order valence-electron chi connectivity index (χ1n) is 5.25. The Hall–Kier alpha value is -1.22. The Morgan fingerprint density at radius 3 is 2.31 bits per heavy atom. The normalized spacial score (nSPS) is 11.9. The summed E-state index contributed by atoms with van der Waals surface area (Å²) < 4.78 is 12.9. The SMILES string of the molecule is Cc1cc(F)ccc1C(=O)C(C)(C)N(C)C. The molecule has 0 amide bonds. The van der Waals surface area contributed by atoms with Gasteiger partial charge in [0.2, 0.25) is 0 Å². The predicted octanol–water partition coefficient (Wildman–Crippen LogP) is 2.66. The predicted molar refractivity (Wildman–Crippen MR) is 63.2 cm³/mol. The molecule has 0 aliphatic rings. The molecule has 1 rings (SSSR count). The van der Waals surface area contributed by atoms with Crippen molar-refractivity contribution >= 4 is 5.78 Å². The average Bonchev–Trinajstić information content (AvgIpc) is 2.16. The molecule has 0 atom stereocenters. The molecule has 3 heteroatoms. The number of Topliss-reactive ketones (excluding diaryl/α,β-unsaturated/α-hetero) is 1. The highest BCUT2D eigenvalue weighted by Gasteiger charge is 2.31. The number of aryl methyl sites for hydroxylation is 1. The van der Waals surface area contributed by atoms with E-state index in [-0.39, 0.29) is 11.6 Å². The molecule has 0 saturated carbocycles. The lowest BCUT2D eigenvalue weighted by Gasteiger charge is -2.31. The first-order valence-corrected chi connectivity index (χ1v) is 5.25. The van der Waals surface area contributed by atoms with Gasteiger partial charge in [0.05, 0.1) is 5.54 Å². The van der Waals surface area contributed by atoms with Gasteiger partial charge in [0.15, 0.2) is 5.78 Å². The van der Waals surface area contributed by atoms with E-state index in [1.54, 1.807) is 13.0 Å². The number of likely N-dealkylation sites (N-methyl/N-ethyl adjacent to an activating group) is 1. The molecule has 1 aromatic carbocycles. The Kier molecular flexibility index (Phi) is 3.48. The molecule has 16 heavy (non-hydrogen) atoms. The quantitative estimate of drug-likeness (QED) is 0.734. The van der Waals surface area contributed by atoms with Crippen LogP contribution in [-0.2, 0) is 0 Å². The number of carbonyl (C=O) groups excluding carboxylic acids is 1. The smallest absolute Gasteiger partial charge is 0.182 e. The van der Waals surface area contributed by atoms with Crippen molar-refractivity contribution in [2.24, 2.45) is 0 Å². The van der Waals surface area contributed by atoms with Gasteiger partial charge in [0.1, 0.15) is 5.82 Å². The minimum atomic E-state index is -0.581. The Balaban J connectivity index is 3.15. The van der Waals surface area contributed by atoms with Gasteiger partial charge in [-0.2, -0.15) is 0 Å². The zero-order valence-corrected chi connectivity index (χ0v) is 10.5. The highest BCUT2D eigenvalue weighted by Crippen LogP contribution is 2.20. The van der Waals surface area contributed by atoms with Gasteiger partial charge < -0.3 is 0 Å². The summed E-state index contributed by atoms with van der Waals surface area (Å²) in [6, 6.07) is 4.27. The lowest BCUT2D eigenvalue weighted by molar-refractivity contribution is 0.0755. The lowest BCUT2D eigenvalue weighted by atomic mass is 9.90. The summed E-state index contributed by atoms with van der Waals surface area (Å²) in [4.78, 5) is 14.1. The van der Waals surface area contributed by atoms with Crippen LogP contribution in [0.2, 0.25) is 0 Å². The van der Waals surface area contributed by atoms with Gasteiger partial charge in [-0.25, -0.2) is 4.39 Å². The molecule has 0 aliphatic heterocycles. The van der Waals surface area contributed by atoms with Gasteiger partial charge >= 0.3 is 0 Å². The van der Waals surface area contributed by atoms with E-state index < -0.39 is 5.54 Å². The van der Waals surface area contributed by atoms with Crippen LogP contribution >= 0.6 is 0 Å². The van der Waals surface area contributed by atoms with Crippen molar-refractivity contribution in [3.05, 3.63) is 35.1 Å². The first-order chi connectivity index (χ1) is 7.26. The third-order valence-corrected chi connectivity index (χ3v) is 3.11. The van der Waals surface area contributed by atoms with Crippen LogP contribution in [0.15, 0.2) is 18.2 Å². The maximum Gasteiger partial charge on any atom is 0.182 e. The number of carbonyl (C=O) groups is 1. The minimum absolute atomic E-state index is 0.00926. The highest BCUT2D eigenvalue weighted by atomic mass is 19.1. The molecule has 0 spiro atoms. The monoisotopic (exact) mass is 223 g/mol. The van der Waals surface area contributed by atoms with E-state index >= 15 is 0 Å². The second-order valence-electron chi connectivity index (χ2n) is 4.74. The van der Waals surface area contributed by atoms with Crippen LogP contribution < -0.4 is 0 Å². The van der Waals surface area contributed by atoms with Gasteiger partial charge in [0.25, 0.3) is 0 Å². The zero-order valence-electron chi connectivity index (χ0n) is 10.5. The number of hydrogen-bond acceptors (Lipinski definition) is 2. The van der Waals surface area contributed by atoms with E-state index in [0.29, 0.717) is 11.1 Å². The standard InChI is InChI=1S/C13H18FNO/c1-9-8-10(14)6-7-11(9)12(16)13(2,3)15(4)5/h6-8H,1-5H3. The highest BCUT2D eigenvalue weighted by molar-refractivity contribution is 6.03. The number of benzene rings is 1. The summed E-state index contributed by atoms with van der Waals surface area (Å²) in [5.74, 6) is -0.299. The van der Waals surface area contributed by atoms with Crippen molar-refractivity contribution in [3.63, 3.8) is 0 Å². The fourth-order valence-corrected chi connectivity index (χ4v) is 1.41. The van der Waals surface area contributed by atoms with E-state index in [2.05, 4.69) is 0 Å². The fraction of sp³-hybridized carbons (Fsp3) is 0.462. The van der Waals surface area contributed by atoms with E-state index in [4.69, 9.17) is 0 Å². The van der Waals surface area contributed by atoms with Gasteiger partial charge in [-0.1, -0.05) is 0 Å². The van der Waals surface area contributed by atoms with E-state index in [0.717, 1.165) is 0 Å². The molecule has 0 aliphatic carbocycles.